The molecule has 0 aliphatic carbocycles. The van der Waals surface area contributed by atoms with Crippen LogP contribution in [-0.2, 0) is 9.59 Å². The van der Waals surface area contributed by atoms with Crippen LogP contribution in [0.25, 0.3) is 0 Å². The zero-order valence-corrected chi connectivity index (χ0v) is 19.0. The lowest BCUT2D eigenvalue weighted by Crippen LogP contribution is -2.56. The summed E-state index contributed by atoms with van der Waals surface area (Å²) in [6.45, 7) is 0.194. The Kier molecular flexibility index (Phi) is 21.5. The van der Waals surface area contributed by atoms with Gasteiger partial charge in [0.1, 0.15) is 0 Å². The number of hydrogen-bond acceptors (Lipinski definition) is 9. The molecule has 13 heteroatoms. The van der Waals surface area contributed by atoms with E-state index in [2.05, 4.69) is 5.32 Å². The van der Waals surface area contributed by atoms with Crippen molar-refractivity contribution in [3.05, 3.63) is 0 Å². The summed E-state index contributed by atoms with van der Waals surface area (Å²) in [7, 11) is 0. The Bertz CT molecular complexity index is 427. The van der Waals surface area contributed by atoms with E-state index in [1.807, 2.05) is 4.90 Å². The van der Waals surface area contributed by atoms with Crippen molar-refractivity contribution in [2.24, 2.45) is 0 Å². The minimum atomic E-state index is -1.32. The van der Waals surface area contributed by atoms with Gasteiger partial charge in [0.2, 0.25) is 0 Å². The molecule has 0 saturated carbocycles. The highest BCUT2D eigenvalue weighted by Crippen LogP contribution is 2.00. The minimum absolute atomic E-state index is 0. The Morgan fingerprint density at radius 2 is 1.62 bits per heavy atom. The summed E-state index contributed by atoms with van der Waals surface area (Å²) >= 11 is 9.58. The highest BCUT2D eigenvalue weighted by Gasteiger charge is 2.27. The number of halogens is 2. The lowest BCUT2D eigenvalue weighted by Gasteiger charge is -2.30. The summed E-state index contributed by atoms with van der Waals surface area (Å²) < 4.78 is 0. The zero-order valence-electron chi connectivity index (χ0n) is 13.9. The van der Waals surface area contributed by atoms with Crippen molar-refractivity contribution in [3.8, 4) is 0 Å². The molecule has 0 amide bonds. The third kappa shape index (κ3) is 14.0. The molecule has 0 rings (SSSR count). The lowest BCUT2D eigenvalue weighted by atomic mass is 10.3. The SMILES string of the molecule is Br.Br.O=C(O)CN(CCN(CC=S)CC=S)C(NCC(O)CO)C(=O)O. The fourth-order valence-corrected chi connectivity index (χ4v) is 2.32. The van der Waals surface area contributed by atoms with E-state index < -0.39 is 37.4 Å². The first kappa shape index (κ1) is 30.6. The monoisotopic (exact) mass is 541 g/mol. The van der Waals surface area contributed by atoms with E-state index in [9.17, 15) is 19.8 Å². The number of aliphatic carboxylic acids is 2. The summed E-state index contributed by atoms with van der Waals surface area (Å²) in [5, 5.41) is 42.0. The number of rotatable bonds is 15. The number of carbonyl (C=O) groups is 2. The molecule has 9 nitrogen and oxygen atoms in total. The number of aliphatic hydroxyl groups excluding tert-OH is 2. The Labute approximate surface area is 183 Å². The van der Waals surface area contributed by atoms with Gasteiger partial charge in [0, 0.05) is 32.7 Å². The van der Waals surface area contributed by atoms with Crippen LogP contribution in [0.4, 0.5) is 0 Å². The van der Waals surface area contributed by atoms with Crippen molar-refractivity contribution in [3.63, 3.8) is 0 Å². The fourth-order valence-electron chi connectivity index (χ4n) is 1.90. The maximum Gasteiger partial charge on any atom is 0.335 e. The van der Waals surface area contributed by atoms with Crippen LogP contribution in [0.1, 0.15) is 0 Å². The second kappa shape index (κ2) is 18.3. The van der Waals surface area contributed by atoms with Gasteiger partial charge in [-0.1, -0.05) is 24.4 Å². The van der Waals surface area contributed by atoms with Crippen LogP contribution in [0, 0.1) is 0 Å². The molecule has 0 aliphatic heterocycles. The van der Waals surface area contributed by atoms with Crippen LogP contribution < -0.4 is 5.32 Å². The van der Waals surface area contributed by atoms with E-state index >= 15 is 0 Å². The van der Waals surface area contributed by atoms with Gasteiger partial charge in [-0.05, 0) is 10.7 Å². The van der Waals surface area contributed by atoms with Crippen LogP contribution in [-0.4, -0.2) is 111 Å². The van der Waals surface area contributed by atoms with Crippen molar-refractivity contribution in [1.82, 2.24) is 15.1 Å². The predicted octanol–water partition coefficient (Wildman–Crippen LogP) is -0.816. The number of thiocarbonyl (C=S) groups is 2. The molecule has 0 fully saturated rings. The Balaban J connectivity index is -0.00000264. The highest BCUT2D eigenvalue weighted by atomic mass is 79.9. The minimum Gasteiger partial charge on any atom is -0.480 e. The summed E-state index contributed by atoms with van der Waals surface area (Å²) in [6, 6.07) is 0. The molecule has 2 unspecified atom stereocenters. The van der Waals surface area contributed by atoms with Gasteiger partial charge in [0.25, 0.3) is 0 Å². The van der Waals surface area contributed by atoms with Gasteiger partial charge >= 0.3 is 11.9 Å². The number of hydrogen-bond donors (Lipinski definition) is 5. The molecule has 0 bridgehead atoms. The van der Waals surface area contributed by atoms with E-state index in [1.165, 1.54) is 15.6 Å². The number of nitrogens with one attached hydrogen (secondary N) is 1. The van der Waals surface area contributed by atoms with E-state index in [0.29, 0.717) is 19.6 Å². The summed E-state index contributed by atoms with van der Waals surface area (Å²) in [5.74, 6) is -2.46. The Hall–Kier alpha value is -0.120. The van der Waals surface area contributed by atoms with Gasteiger partial charge in [-0.15, -0.1) is 34.0 Å². The first-order valence-electron chi connectivity index (χ1n) is 7.16. The number of carboxylic acid groups (broad SMARTS) is 2. The molecule has 0 radical (unpaired) electrons. The molecule has 0 aromatic heterocycles. The van der Waals surface area contributed by atoms with Crippen LogP contribution in [0.15, 0.2) is 0 Å². The normalized spacial score (nSPS) is 12.6. The largest absolute Gasteiger partial charge is 0.480 e. The number of nitrogens with zero attached hydrogens (tertiary/aromatic N) is 2. The van der Waals surface area contributed by atoms with Crippen molar-refractivity contribution >= 4 is 81.1 Å². The summed E-state index contributed by atoms with van der Waals surface area (Å²) in [4.78, 5) is 25.5. The molecular weight excluding hydrogens is 518 g/mol. The summed E-state index contributed by atoms with van der Waals surface area (Å²) in [5.41, 5.74) is 0. The molecular formula is C13H25Br2N3O6S2. The standard InChI is InChI=1S/C13H23N3O6S2.2BrH/c17-9-10(18)7-14-12(13(21)22)16(8-11(19)20)2-1-15(3-5-23)4-6-24;;/h5-6,10,12,14,17-18H,1-4,7-9H2,(H,19,20)(H,21,22);2*1H. The van der Waals surface area contributed by atoms with Crippen LogP contribution in [0.3, 0.4) is 0 Å². The molecule has 0 aliphatic rings. The third-order valence-electron chi connectivity index (χ3n) is 3.06. The average molecular weight is 543 g/mol. The smallest absolute Gasteiger partial charge is 0.335 e. The second-order valence-electron chi connectivity index (χ2n) is 4.94. The Morgan fingerprint density at radius 3 is 2.00 bits per heavy atom. The third-order valence-corrected chi connectivity index (χ3v) is 3.36. The highest BCUT2D eigenvalue weighted by molar-refractivity contribution is 8.93. The van der Waals surface area contributed by atoms with Crippen molar-refractivity contribution < 1.29 is 30.0 Å². The van der Waals surface area contributed by atoms with Gasteiger partial charge in [0.15, 0.2) is 6.17 Å². The van der Waals surface area contributed by atoms with Crippen LogP contribution >= 0.6 is 58.4 Å². The molecule has 0 spiro atoms. The predicted molar refractivity (Wildman–Crippen MR) is 116 cm³/mol. The molecule has 26 heavy (non-hydrogen) atoms. The molecule has 0 saturated heterocycles. The first-order chi connectivity index (χ1) is 11.3. The zero-order chi connectivity index (χ0) is 18.5. The quantitative estimate of drug-likeness (QED) is 0.131. The maximum atomic E-state index is 11.4. The van der Waals surface area contributed by atoms with E-state index in [0.717, 1.165) is 0 Å². The van der Waals surface area contributed by atoms with Gasteiger partial charge in [-0.3, -0.25) is 19.9 Å². The number of aliphatic hydroxyl groups is 2. The molecule has 0 aromatic carbocycles. The van der Waals surface area contributed by atoms with Crippen molar-refractivity contribution in [2.75, 3.05) is 45.9 Å². The van der Waals surface area contributed by atoms with Gasteiger partial charge in [-0.2, -0.15) is 0 Å². The molecule has 0 aromatic rings. The molecule has 154 valence electrons. The Morgan fingerprint density at radius 1 is 1.08 bits per heavy atom. The van der Waals surface area contributed by atoms with Gasteiger partial charge < -0.3 is 20.4 Å². The summed E-state index contributed by atoms with van der Waals surface area (Å²) in [6.07, 6.45) is -2.45. The van der Waals surface area contributed by atoms with Crippen molar-refractivity contribution in [2.45, 2.75) is 12.3 Å². The average Bonchev–Trinajstić information content (AvgIpc) is 2.51. The fraction of sp³-hybridized carbons (Fsp3) is 0.692. The van der Waals surface area contributed by atoms with Crippen molar-refractivity contribution in [1.29, 1.82) is 0 Å². The van der Waals surface area contributed by atoms with E-state index in [4.69, 9.17) is 34.6 Å². The maximum absolute atomic E-state index is 11.4. The van der Waals surface area contributed by atoms with Gasteiger partial charge in [0.05, 0.1) is 19.3 Å². The van der Waals surface area contributed by atoms with Gasteiger partial charge in [-0.25, -0.2) is 4.79 Å². The van der Waals surface area contributed by atoms with E-state index in [1.54, 1.807) is 0 Å². The molecule has 5 N–H and O–H groups in total. The van der Waals surface area contributed by atoms with Crippen LogP contribution in [0.2, 0.25) is 0 Å². The topological polar surface area (TPSA) is 134 Å². The van der Waals surface area contributed by atoms with Crippen LogP contribution in [0.5, 0.6) is 0 Å². The first-order valence-corrected chi connectivity index (χ1v) is 8.10. The lowest BCUT2D eigenvalue weighted by molar-refractivity contribution is -0.148. The second-order valence-corrected chi connectivity index (χ2v) is 5.61. The number of carboxylic acids is 2. The molecule has 2 atom stereocenters. The van der Waals surface area contributed by atoms with E-state index in [-0.39, 0.29) is 47.1 Å². The molecule has 0 heterocycles.